The fraction of sp³-hybridized carbons (Fsp3) is 0.500. The van der Waals surface area contributed by atoms with Crippen molar-refractivity contribution < 1.29 is 5.32 Å². The van der Waals surface area contributed by atoms with Crippen LogP contribution in [0.2, 0.25) is 0 Å². The van der Waals surface area contributed by atoms with Gasteiger partial charge in [-0.1, -0.05) is 0 Å². The van der Waals surface area contributed by atoms with Crippen molar-refractivity contribution in [2.24, 2.45) is 0 Å². The molecule has 0 radical (unpaired) electrons. The van der Waals surface area contributed by atoms with E-state index in [1.54, 1.807) is 10.4 Å². The molecule has 1 aliphatic rings. The first-order chi connectivity index (χ1) is 4.86. The largest absolute Gasteiger partial charge is 0.342 e. The van der Waals surface area contributed by atoms with Crippen LogP contribution in [0.15, 0.2) is 6.07 Å². The molecule has 2 heteroatoms. The lowest BCUT2D eigenvalue weighted by Gasteiger charge is -2.07. The summed E-state index contributed by atoms with van der Waals surface area (Å²) in [6.07, 6.45) is 1.28. The molecule has 0 saturated carbocycles. The Morgan fingerprint density at radius 3 is 3.30 bits per heavy atom. The SMILES string of the molecule is Cc1cc2c(s1)C[NH2+]CC2. The van der Waals surface area contributed by atoms with Crippen molar-refractivity contribution in [3.05, 3.63) is 21.4 Å². The highest BCUT2D eigenvalue weighted by molar-refractivity contribution is 7.12. The number of rotatable bonds is 0. The maximum atomic E-state index is 2.39. The molecule has 1 aliphatic heterocycles. The van der Waals surface area contributed by atoms with Crippen LogP contribution in [0.4, 0.5) is 0 Å². The highest BCUT2D eigenvalue weighted by Gasteiger charge is 2.12. The van der Waals surface area contributed by atoms with E-state index in [4.69, 9.17) is 0 Å². The fourth-order valence-electron chi connectivity index (χ4n) is 1.49. The van der Waals surface area contributed by atoms with Gasteiger partial charge in [0, 0.05) is 11.3 Å². The third kappa shape index (κ3) is 0.976. The zero-order valence-electron chi connectivity index (χ0n) is 6.18. The summed E-state index contributed by atoms with van der Waals surface area (Å²) in [7, 11) is 0. The first-order valence-corrected chi connectivity index (χ1v) is 4.58. The second-order valence-corrected chi connectivity index (χ2v) is 4.18. The van der Waals surface area contributed by atoms with Crippen LogP contribution < -0.4 is 5.32 Å². The summed E-state index contributed by atoms with van der Waals surface area (Å²) in [4.78, 5) is 3.07. The Kier molecular flexibility index (Phi) is 1.51. The van der Waals surface area contributed by atoms with E-state index in [0.717, 1.165) is 0 Å². The molecule has 54 valence electrons. The minimum Gasteiger partial charge on any atom is -0.342 e. The predicted molar refractivity (Wildman–Crippen MR) is 43.3 cm³/mol. The highest BCUT2D eigenvalue weighted by Crippen LogP contribution is 2.22. The van der Waals surface area contributed by atoms with E-state index in [9.17, 15) is 0 Å². The monoisotopic (exact) mass is 154 g/mol. The molecule has 10 heavy (non-hydrogen) atoms. The van der Waals surface area contributed by atoms with Gasteiger partial charge in [0.1, 0.15) is 6.54 Å². The number of nitrogens with two attached hydrogens (primary N) is 1. The molecule has 2 N–H and O–H groups in total. The Bertz CT molecular complexity index is 216. The number of hydrogen-bond donors (Lipinski definition) is 1. The van der Waals surface area contributed by atoms with E-state index in [2.05, 4.69) is 18.3 Å². The first-order valence-electron chi connectivity index (χ1n) is 3.76. The van der Waals surface area contributed by atoms with E-state index in [-0.39, 0.29) is 0 Å². The summed E-state index contributed by atoms with van der Waals surface area (Å²) < 4.78 is 0. The average Bonchev–Trinajstić information content (AvgIpc) is 2.27. The molecule has 1 aromatic heterocycles. The van der Waals surface area contributed by atoms with Gasteiger partial charge in [0.15, 0.2) is 0 Å². The van der Waals surface area contributed by atoms with Crippen LogP contribution in [0.25, 0.3) is 0 Å². The molecule has 0 aromatic carbocycles. The van der Waals surface area contributed by atoms with Crippen LogP contribution in [0.3, 0.4) is 0 Å². The summed E-state index contributed by atoms with van der Waals surface area (Å²) >= 11 is 1.96. The topological polar surface area (TPSA) is 16.6 Å². The lowest BCUT2D eigenvalue weighted by atomic mass is 10.1. The summed E-state index contributed by atoms with van der Waals surface area (Å²) in [6, 6.07) is 2.34. The normalized spacial score (nSPS) is 16.9. The molecule has 2 rings (SSSR count). The van der Waals surface area contributed by atoms with Crippen molar-refractivity contribution in [1.82, 2.24) is 0 Å². The molecule has 0 unspecified atom stereocenters. The summed E-state index contributed by atoms with van der Waals surface area (Å²) in [6.45, 7) is 4.69. The van der Waals surface area contributed by atoms with Gasteiger partial charge in [-0.05, 0) is 18.6 Å². The average molecular weight is 154 g/mol. The molecule has 0 aliphatic carbocycles. The van der Waals surface area contributed by atoms with E-state index in [1.165, 1.54) is 24.4 Å². The molecule has 0 spiro atoms. The van der Waals surface area contributed by atoms with Crippen LogP contribution in [0, 0.1) is 6.92 Å². The van der Waals surface area contributed by atoms with Gasteiger partial charge in [-0.2, -0.15) is 0 Å². The van der Waals surface area contributed by atoms with Crippen LogP contribution in [0.1, 0.15) is 15.3 Å². The molecule has 0 saturated heterocycles. The van der Waals surface area contributed by atoms with Gasteiger partial charge in [-0.25, -0.2) is 0 Å². The van der Waals surface area contributed by atoms with Crippen molar-refractivity contribution in [3.63, 3.8) is 0 Å². The zero-order chi connectivity index (χ0) is 6.97. The predicted octanol–water partition coefficient (Wildman–Crippen LogP) is 0.676. The van der Waals surface area contributed by atoms with Gasteiger partial charge in [0.2, 0.25) is 0 Å². The Morgan fingerprint density at radius 1 is 1.60 bits per heavy atom. The Morgan fingerprint density at radius 2 is 2.50 bits per heavy atom. The molecule has 2 heterocycles. The smallest absolute Gasteiger partial charge is 0.111 e. The van der Waals surface area contributed by atoms with E-state index in [1.807, 2.05) is 11.3 Å². The lowest BCUT2D eigenvalue weighted by molar-refractivity contribution is -0.672. The van der Waals surface area contributed by atoms with Gasteiger partial charge in [0.05, 0.1) is 11.4 Å². The van der Waals surface area contributed by atoms with Crippen molar-refractivity contribution in [2.75, 3.05) is 6.54 Å². The van der Waals surface area contributed by atoms with Gasteiger partial charge < -0.3 is 5.32 Å². The maximum absolute atomic E-state index is 2.39. The van der Waals surface area contributed by atoms with Gasteiger partial charge in [0.25, 0.3) is 0 Å². The number of quaternary nitrogens is 1. The van der Waals surface area contributed by atoms with Crippen LogP contribution in [-0.4, -0.2) is 6.54 Å². The third-order valence-corrected chi connectivity index (χ3v) is 3.08. The summed E-state index contributed by atoms with van der Waals surface area (Å²) in [5.74, 6) is 0. The first kappa shape index (κ1) is 6.38. The number of hydrogen-bond acceptors (Lipinski definition) is 1. The minimum absolute atomic E-state index is 1.22. The maximum Gasteiger partial charge on any atom is 0.111 e. The molecule has 0 atom stereocenters. The number of thiophene rings is 1. The Labute approximate surface area is 65.1 Å². The zero-order valence-corrected chi connectivity index (χ0v) is 7.00. The Balaban J connectivity index is 2.41. The lowest BCUT2D eigenvalue weighted by Crippen LogP contribution is -2.84. The van der Waals surface area contributed by atoms with Crippen molar-refractivity contribution in [2.45, 2.75) is 19.9 Å². The minimum atomic E-state index is 1.22. The fourth-order valence-corrected chi connectivity index (χ4v) is 2.57. The summed E-state index contributed by atoms with van der Waals surface area (Å²) in [5, 5.41) is 2.39. The second kappa shape index (κ2) is 2.36. The molecular formula is C8H12NS+. The third-order valence-electron chi connectivity index (χ3n) is 1.97. The molecule has 1 nitrogen and oxygen atoms in total. The van der Waals surface area contributed by atoms with Crippen molar-refractivity contribution in [3.8, 4) is 0 Å². The van der Waals surface area contributed by atoms with E-state index >= 15 is 0 Å². The van der Waals surface area contributed by atoms with Gasteiger partial charge in [-0.3, -0.25) is 0 Å². The van der Waals surface area contributed by atoms with Gasteiger partial charge >= 0.3 is 0 Å². The highest BCUT2D eigenvalue weighted by atomic mass is 32.1. The van der Waals surface area contributed by atoms with E-state index in [0.29, 0.717) is 0 Å². The van der Waals surface area contributed by atoms with Gasteiger partial charge in [-0.15, -0.1) is 11.3 Å². The van der Waals surface area contributed by atoms with Crippen LogP contribution >= 0.6 is 11.3 Å². The molecule has 0 amide bonds. The number of aryl methyl sites for hydroxylation is 1. The standard InChI is InChI=1S/C8H11NS/c1-6-4-7-2-3-9-5-8(7)10-6/h4,9H,2-3,5H2,1H3/p+1. The van der Waals surface area contributed by atoms with E-state index < -0.39 is 0 Å². The molecule has 0 bridgehead atoms. The van der Waals surface area contributed by atoms with Crippen LogP contribution in [0.5, 0.6) is 0 Å². The molecular weight excluding hydrogens is 142 g/mol. The quantitative estimate of drug-likeness (QED) is 0.566. The summed E-state index contributed by atoms with van der Waals surface area (Å²) in [5.41, 5.74) is 1.60. The van der Waals surface area contributed by atoms with Crippen LogP contribution in [-0.2, 0) is 13.0 Å². The Hall–Kier alpha value is -0.340. The van der Waals surface area contributed by atoms with Crippen molar-refractivity contribution >= 4 is 11.3 Å². The molecule has 0 fully saturated rings. The van der Waals surface area contributed by atoms with Crippen molar-refractivity contribution in [1.29, 1.82) is 0 Å². The molecule has 1 aromatic rings. The number of fused-ring (bicyclic) bond motifs is 1. The second-order valence-electron chi connectivity index (χ2n) is 2.84.